The minimum absolute atomic E-state index is 0.141. The van der Waals surface area contributed by atoms with Gasteiger partial charge in [0.1, 0.15) is 5.82 Å². The van der Waals surface area contributed by atoms with Gasteiger partial charge in [-0.25, -0.2) is 15.0 Å². The highest BCUT2D eigenvalue weighted by molar-refractivity contribution is 6.11. The van der Waals surface area contributed by atoms with Crippen LogP contribution in [0.5, 0.6) is 0 Å². The number of hydrogen-bond acceptors (Lipinski definition) is 6. The Bertz CT molecular complexity index is 1170. The highest BCUT2D eigenvalue weighted by atomic mass is 16.7. The van der Waals surface area contributed by atoms with Crippen molar-refractivity contribution in [3.8, 4) is 0 Å². The van der Waals surface area contributed by atoms with E-state index in [9.17, 15) is 4.79 Å². The van der Waals surface area contributed by atoms with Crippen molar-refractivity contribution in [3.05, 3.63) is 89.5 Å². The number of hydroxylamine groups is 2. The number of anilines is 1. The Kier molecular flexibility index (Phi) is 7.78. The van der Waals surface area contributed by atoms with Gasteiger partial charge in [-0.2, -0.15) is 0 Å². The van der Waals surface area contributed by atoms with Crippen molar-refractivity contribution >= 4 is 29.1 Å². The van der Waals surface area contributed by atoms with Crippen LogP contribution in [0.2, 0.25) is 0 Å². The third kappa shape index (κ3) is 5.74. The predicted octanol–water partition coefficient (Wildman–Crippen LogP) is 5.19. The monoisotopic (exact) mass is 455 g/mol. The summed E-state index contributed by atoms with van der Waals surface area (Å²) in [6.07, 6.45) is 6.63. The number of rotatable bonds is 9. The summed E-state index contributed by atoms with van der Waals surface area (Å²) in [7, 11) is 0. The summed E-state index contributed by atoms with van der Waals surface area (Å²) in [4.78, 5) is 32.9. The molecule has 0 atom stereocenters. The first-order valence-electron chi connectivity index (χ1n) is 11.6. The topological polar surface area (TPSA) is 79.7 Å². The molecule has 4 rings (SSSR count). The first-order valence-corrected chi connectivity index (χ1v) is 11.6. The molecule has 0 aliphatic carbocycles. The Balaban J connectivity index is 1.58. The van der Waals surface area contributed by atoms with E-state index in [0.717, 1.165) is 34.6 Å². The number of benzene rings is 2. The highest BCUT2D eigenvalue weighted by Gasteiger charge is 2.23. The van der Waals surface area contributed by atoms with Gasteiger partial charge in [-0.05, 0) is 37.6 Å². The molecule has 7 nitrogen and oxygen atoms in total. The molecule has 0 spiro atoms. The number of hydrogen-bond donors (Lipinski definition) is 1. The number of carbonyl (C=O) groups excluding carboxylic acids is 1. The van der Waals surface area contributed by atoms with Gasteiger partial charge in [0.05, 0.1) is 24.6 Å². The summed E-state index contributed by atoms with van der Waals surface area (Å²) >= 11 is 0. The van der Waals surface area contributed by atoms with E-state index < -0.39 is 0 Å². The van der Waals surface area contributed by atoms with Crippen molar-refractivity contribution in [3.63, 3.8) is 0 Å². The maximum atomic E-state index is 13.3. The zero-order chi connectivity index (χ0) is 23.8. The van der Waals surface area contributed by atoms with Gasteiger partial charge >= 0.3 is 0 Å². The Morgan fingerprint density at radius 2 is 1.76 bits per heavy atom. The van der Waals surface area contributed by atoms with Crippen LogP contribution in [0.25, 0.3) is 6.08 Å². The second kappa shape index (κ2) is 11.3. The van der Waals surface area contributed by atoms with Gasteiger partial charge in [-0.1, -0.05) is 43.3 Å². The van der Waals surface area contributed by atoms with Gasteiger partial charge in [0.25, 0.3) is 5.91 Å². The average Bonchev–Trinajstić information content (AvgIpc) is 3.08. The normalized spacial score (nSPS) is 12.8. The van der Waals surface area contributed by atoms with E-state index in [4.69, 9.17) is 9.83 Å². The van der Waals surface area contributed by atoms with E-state index >= 15 is 0 Å². The van der Waals surface area contributed by atoms with Gasteiger partial charge in [0.15, 0.2) is 0 Å². The van der Waals surface area contributed by atoms with Gasteiger partial charge < -0.3 is 5.32 Å². The number of carbonyl (C=O) groups is 1. The van der Waals surface area contributed by atoms with E-state index in [1.807, 2.05) is 74.5 Å². The molecule has 1 amide bonds. The van der Waals surface area contributed by atoms with E-state index in [1.54, 1.807) is 12.4 Å². The second-order valence-corrected chi connectivity index (χ2v) is 7.90. The van der Waals surface area contributed by atoms with E-state index in [2.05, 4.69) is 15.3 Å². The Morgan fingerprint density at radius 1 is 1.03 bits per heavy atom. The maximum absolute atomic E-state index is 13.3. The number of fused-ring (bicyclic) bond motifs is 1. The lowest BCUT2D eigenvalue weighted by Gasteiger charge is -2.22. The summed E-state index contributed by atoms with van der Waals surface area (Å²) in [6.45, 7) is 5.39. The van der Waals surface area contributed by atoms with Crippen molar-refractivity contribution < 1.29 is 9.63 Å². The van der Waals surface area contributed by atoms with Crippen LogP contribution in [0.4, 0.5) is 11.4 Å². The van der Waals surface area contributed by atoms with Crippen LogP contribution >= 0.6 is 0 Å². The zero-order valence-electron chi connectivity index (χ0n) is 19.6. The lowest BCUT2D eigenvalue weighted by molar-refractivity contribution is -0.180. The molecule has 0 bridgehead atoms. The number of amides is 1. The Morgan fingerprint density at radius 3 is 2.50 bits per heavy atom. The average molecular weight is 456 g/mol. The van der Waals surface area contributed by atoms with Crippen molar-refractivity contribution in [2.45, 2.75) is 33.2 Å². The minimum Gasteiger partial charge on any atom is -0.378 e. The molecule has 7 heteroatoms. The molecule has 0 fully saturated rings. The number of nitrogens with one attached hydrogen (secondary N) is 1. The quantitative estimate of drug-likeness (QED) is 0.449. The van der Waals surface area contributed by atoms with Crippen molar-refractivity contribution in [1.82, 2.24) is 15.0 Å². The maximum Gasteiger partial charge on any atom is 0.273 e. The summed E-state index contributed by atoms with van der Waals surface area (Å²) in [5.74, 6) is 0.539. The molecule has 0 saturated carbocycles. The van der Waals surface area contributed by atoms with E-state index in [0.29, 0.717) is 37.5 Å². The molecular weight excluding hydrogens is 426 g/mol. The molecule has 174 valence electrons. The van der Waals surface area contributed by atoms with Crippen LogP contribution in [-0.2, 0) is 16.2 Å². The summed E-state index contributed by atoms with van der Waals surface area (Å²) < 4.78 is 0. The molecule has 1 N–H and O–H groups in total. The molecule has 1 aliphatic heterocycles. The largest absolute Gasteiger partial charge is 0.378 e. The molecule has 1 aromatic heterocycles. The number of nitrogens with zero attached hydrogens (tertiary/aromatic N) is 4. The van der Waals surface area contributed by atoms with Crippen LogP contribution < -0.4 is 5.32 Å². The van der Waals surface area contributed by atoms with Crippen LogP contribution in [0, 0.1) is 0 Å². The summed E-state index contributed by atoms with van der Waals surface area (Å²) in [6, 6.07) is 17.7. The Hall–Kier alpha value is -3.84. The van der Waals surface area contributed by atoms with Crippen molar-refractivity contribution in [1.29, 1.82) is 0 Å². The summed E-state index contributed by atoms with van der Waals surface area (Å²) in [5.41, 5.74) is 4.89. The molecule has 0 saturated heterocycles. The van der Waals surface area contributed by atoms with E-state index in [1.165, 1.54) is 5.06 Å². The fraction of sp³-hybridized carbons (Fsp3) is 0.259. The first-order chi connectivity index (χ1) is 16.7. The van der Waals surface area contributed by atoms with Crippen LogP contribution in [0.15, 0.2) is 77.6 Å². The molecule has 0 unspecified atom stereocenters. The zero-order valence-corrected chi connectivity index (χ0v) is 19.6. The molecule has 3 aromatic rings. The number of aliphatic imine (C=N–C) groups is 1. The van der Waals surface area contributed by atoms with Crippen LogP contribution in [0.1, 0.15) is 43.6 Å². The third-order valence-electron chi connectivity index (χ3n) is 5.36. The molecule has 2 heterocycles. The highest BCUT2D eigenvalue weighted by Crippen LogP contribution is 2.29. The predicted molar refractivity (Wildman–Crippen MR) is 135 cm³/mol. The van der Waals surface area contributed by atoms with Crippen LogP contribution in [0.3, 0.4) is 0 Å². The first kappa shape index (κ1) is 23.3. The lowest BCUT2D eigenvalue weighted by Crippen LogP contribution is -2.33. The van der Waals surface area contributed by atoms with E-state index in [-0.39, 0.29) is 5.91 Å². The molecule has 1 aliphatic rings. The molecular formula is C27H29N5O2. The Labute approximate surface area is 200 Å². The fourth-order valence-electron chi connectivity index (χ4n) is 3.70. The molecule has 2 aromatic carbocycles. The SMILES string of the molecule is CCCN(OCC)C(=O)C1=Cc2ccccc2N=C(c2cnc(CNc3ccccc3)nc2)C1. The van der Waals surface area contributed by atoms with Crippen molar-refractivity contribution in [2.75, 3.05) is 18.5 Å². The molecule has 0 radical (unpaired) electrons. The second-order valence-electron chi connectivity index (χ2n) is 7.90. The number of aromatic nitrogens is 2. The standard InChI is InChI=1S/C27H29N5O2/c1-3-14-32(34-4-2)27(33)21-15-20-10-8-9-13-24(20)31-25(16-21)22-17-29-26(30-18-22)19-28-23-11-6-5-7-12-23/h5-13,15,17-18,28H,3-4,14,16,19H2,1-2H3. The number of para-hydroxylation sites is 2. The third-order valence-corrected chi connectivity index (χ3v) is 5.36. The minimum atomic E-state index is -0.141. The summed E-state index contributed by atoms with van der Waals surface area (Å²) in [5, 5.41) is 4.76. The van der Waals surface area contributed by atoms with Gasteiger partial charge in [0.2, 0.25) is 0 Å². The molecule has 34 heavy (non-hydrogen) atoms. The lowest BCUT2D eigenvalue weighted by atomic mass is 10.0. The van der Waals surface area contributed by atoms with Gasteiger partial charge in [-0.3, -0.25) is 14.6 Å². The smallest absolute Gasteiger partial charge is 0.273 e. The fourth-order valence-corrected chi connectivity index (χ4v) is 3.70. The van der Waals surface area contributed by atoms with Crippen molar-refractivity contribution in [2.24, 2.45) is 4.99 Å². The van der Waals surface area contributed by atoms with Gasteiger partial charge in [-0.15, -0.1) is 0 Å². The van der Waals surface area contributed by atoms with Gasteiger partial charge in [0, 0.05) is 47.7 Å². The van der Waals surface area contributed by atoms with Crippen LogP contribution in [-0.4, -0.2) is 39.8 Å².